The number of benzene rings is 2. The van der Waals surface area contributed by atoms with Gasteiger partial charge in [0.25, 0.3) is 0 Å². The van der Waals surface area contributed by atoms with Crippen molar-refractivity contribution in [3.63, 3.8) is 0 Å². The summed E-state index contributed by atoms with van der Waals surface area (Å²) in [6.45, 7) is 1.33. The zero-order valence-electron chi connectivity index (χ0n) is 16.6. The number of ether oxygens (including phenoxy) is 2. The Kier molecular flexibility index (Phi) is 5.18. The molecule has 31 heavy (non-hydrogen) atoms. The number of rotatable bonds is 5. The summed E-state index contributed by atoms with van der Waals surface area (Å²) in [5.41, 5.74) is 4.05. The van der Waals surface area contributed by atoms with Crippen LogP contribution < -0.4 is 10.1 Å². The molecule has 1 N–H and O–H groups in total. The van der Waals surface area contributed by atoms with Crippen LogP contribution in [0.5, 0.6) is 5.75 Å². The summed E-state index contributed by atoms with van der Waals surface area (Å²) in [4.78, 5) is 13.1. The molecular weight excluding hydrogens is 438 g/mol. The van der Waals surface area contributed by atoms with Crippen LogP contribution in [0.25, 0.3) is 21.1 Å². The van der Waals surface area contributed by atoms with Crippen molar-refractivity contribution in [3.05, 3.63) is 42.2 Å². The lowest BCUT2D eigenvalue weighted by atomic mass is 10.2. The Hall–Kier alpha value is -2.86. The largest absolute Gasteiger partial charge is 0.495 e. The molecule has 0 unspecified atom stereocenters. The average molecular weight is 458 g/mol. The number of fused-ring (bicyclic) bond motifs is 2. The highest BCUT2D eigenvalue weighted by molar-refractivity contribution is 7.89. The van der Waals surface area contributed by atoms with E-state index in [0.717, 1.165) is 15.9 Å². The van der Waals surface area contributed by atoms with Crippen molar-refractivity contribution in [2.75, 3.05) is 38.7 Å². The third-order valence-electron chi connectivity index (χ3n) is 5.10. The molecule has 11 heteroatoms. The van der Waals surface area contributed by atoms with E-state index in [1.807, 2.05) is 18.2 Å². The van der Waals surface area contributed by atoms with E-state index in [1.54, 1.807) is 29.0 Å². The molecule has 2 aromatic carbocycles. The molecule has 1 aliphatic heterocycles. The summed E-state index contributed by atoms with van der Waals surface area (Å²) in [7, 11) is -2.32. The second-order valence-electron chi connectivity index (χ2n) is 6.92. The van der Waals surface area contributed by atoms with Gasteiger partial charge in [0.2, 0.25) is 10.0 Å². The molecule has 1 saturated heterocycles. The third kappa shape index (κ3) is 3.69. The first-order valence-electron chi connectivity index (χ1n) is 9.57. The van der Waals surface area contributed by atoms with Crippen molar-refractivity contribution >= 4 is 54.0 Å². The molecule has 0 aliphatic carbocycles. The molecule has 1 fully saturated rings. The SMILES string of the molecule is COc1cc2ncnc(Nc3ccc4scnc4c3)c2cc1S(=O)(=O)N1CCOCC1. The van der Waals surface area contributed by atoms with Gasteiger partial charge in [-0.2, -0.15) is 4.31 Å². The minimum Gasteiger partial charge on any atom is -0.495 e. The van der Waals surface area contributed by atoms with Crippen LogP contribution in [0, 0.1) is 0 Å². The van der Waals surface area contributed by atoms with Crippen LogP contribution >= 0.6 is 11.3 Å². The summed E-state index contributed by atoms with van der Waals surface area (Å²) in [5.74, 6) is 0.744. The van der Waals surface area contributed by atoms with Gasteiger partial charge in [0, 0.05) is 30.2 Å². The molecule has 0 atom stereocenters. The number of nitrogens with one attached hydrogen (secondary N) is 1. The van der Waals surface area contributed by atoms with Crippen LogP contribution in [0.15, 0.2) is 47.1 Å². The fraction of sp³-hybridized carbons (Fsp3) is 0.250. The van der Waals surface area contributed by atoms with Gasteiger partial charge in [0.15, 0.2) is 0 Å². The predicted molar refractivity (Wildman–Crippen MR) is 119 cm³/mol. The van der Waals surface area contributed by atoms with Crippen LogP contribution in [0.1, 0.15) is 0 Å². The molecule has 4 aromatic rings. The number of sulfonamides is 1. The van der Waals surface area contributed by atoms with E-state index in [-0.39, 0.29) is 10.6 Å². The summed E-state index contributed by atoms with van der Waals surface area (Å²) < 4.78 is 39.8. The number of thiazole rings is 1. The van der Waals surface area contributed by atoms with E-state index in [1.165, 1.54) is 17.7 Å². The molecule has 0 saturated carbocycles. The fourth-order valence-electron chi connectivity index (χ4n) is 3.52. The topological polar surface area (TPSA) is 107 Å². The summed E-state index contributed by atoms with van der Waals surface area (Å²) in [5, 5.41) is 3.85. The van der Waals surface area contributed by atoms with E-state index < -0.39 is 10.0 Å². The van der Waals surface area contributed by atoms with Gasteiger partial charge >= 0.3 is 0 Å². The normalized spacial score (nSPS) is 15.4. The second-order valence-corrected chi connectivity index (χ2v) is 9.71. The van der Waals surface area contributed by atoms with Crippen LogP contribution in [-0.2, 0) is 14.8 Å². The molecule has 0 spiro atoms. The summed E-state index contributed by atoms with van der Waals surface area (Å²) in [6, 6.07) is 9.04. The number of morpholine rings is 1. The van der Waals surface area contributed by atoms with Crippen molar-refractivity contribution in [2.24, 2.45) is 0 Å². The lowest BCUT2D eigenvalue weighted by Gasteiger charge is -2.26. The number of hydrogen-bond acceptors (Lipinski definition) is 9. The van der Waals surface area contributed by atoms with Gasteiger partial charge < -0.3 is 14.8 Å². The molecule has 0 bridgehead atoms. The minimum absolute atomic E-state index is 0.0807. The van der Waals surface area contributed by atoms with Crippen molar-refractivity contribution in [2.45, 2.75) is 4.90 Å². The Balaban J connectivity index is 1.60. The van der Waals surface area contributed by atoms with Crippen LogP contribution in [0.3, 0.4) is 0 Å². The first kappa shape index (κ1) is 20.1. The Morgan fingerprint density at radius 2 is 1.94 bits per heavy atom. The minimum atomic E-state index is -3.77. The number of anilines is 2. The smallest absolute Gasteiger partial charge is 0.246 e. The highest BCUT2D eigenvalue weighted by Crippen LogP contribution is 2.34. The lowest BCUT2D eigenvalue weighted by molar-refractivity contribution is 0.0729. The van der Waals surface area contributed by atoms with E-state index >= 15 is 0 Å². The van der Waals surface area contributed by atoms with Crippen molar-refractivity contribution in [1.82, 2.24) is 19.3 Å². The monoisotopic (exact) mass is 457 g/mol. The van der Waals surface area contributed by atoms with Gasteiger partial charge in [-0.25, -0.2) is 23.4 Å². The standard InChI is InChI=1S/C20H19N5O4S2/c1-28-17-10-15-14(9-19(17)31(26,27)25-4-6-29-7-5-25)20(22-11-21-15)24-13-2-3-18-16(8-13)23-12-30-18/h2-3,8-12H,4-7H2,1H3,(H,21,22,24). The molecule has 9 nitrogen and oxygen atoms in total. The molecule has 5 rings (SSSR count). The highest BCUT2D eigenvalue weighted by atomic mass is 32.2. The average Bonchev–Trinajstić information content (AvgIpc) is 3.27. The highest BCUT2D eigenvalue weighted by Gasteiger charge is 2.30. The van der Waals surface area contributed by atoms with E-state index in [2.05, 4.69) is 20.3 Å². The van der Waals surface area contributed by atoms with Crippen LogP contribution in [0.4, 0.5) is 11.5 Å². The maximum atomic E-state index is 13.3. The molecule has 1 aliphatic rings. The number of hydrogen-bond donors (Lipinski definition) is 1. The maximum Gasteiger partial charge on any atom is 0.246 e. The van der Waals surface area contributed by atoms with Crippen LogP contribution in [0.2, 0.25) is 0 Å². The summed E-state index contributed by atoms with van der Waals surface area (Å²) >= 11 is 1.57. The van der Waals surface area contributed by atoms with Crippen molar-refractivity contribution < 1.29 is 17.9 Å². The van der Waals surface area contributed by atoms with Crippen molar-refractivity contribution in [3.8, 4) is 5.75 Å². The molecular formula is C20H19N5O4S2. The number of methoxy groups -OCH3 is 1. The van der Waals surface area contributed by atoms with Gasteiger partial charge in [-0.3, -0.25) is 0 Å². The van der Waals surface area contributed by atoms with E-state index in [0.29, 0.717) is 43.0 Å². The van der Waals surface area contributed by atoms with E-state index in [9.17, 15) is 8.42 Å². The Morgan fingerprint density at radius 1 is 1.10 bits per heavy atom. The van der Waals surface area contributed by atoms with Crippen LogP contribution in [-0.4, -0.2) is 61.1 Å². The van der Waals surface area contributed by atoms with Crippen molar-refractivity contribution in [1.29, 1.82) is 0 Å². The summed E-state index contributed by atoms with van der Waals surface area (Å²) in [6.07, 6.45) is 1.43. The first-order chi connectivity index (χ1) is 15.1. The quantitative estimate of drug-likeness (QED) is 0.487. The predicted octanol–water partition coefficient (Wildman–Crippen LogP) is 3.01. The molecule has 3 heterocycles. The Morgan fingerprint density at radius 3 is 2.74 bits per heavy atom. The van der Waals surface area contributed by atoms with E-state index in [4.69, 9.17) is 9.47 Å². The fourth-order valence-corrected chi connectivity index (χ4v) is 5.75. The Labute approximate surface area is 182 Å². The molecule has 2 aromatic heterocycles. The molecule has 0 amide bonds. The molecule has 160 valence electrons. The number of nitrogens with zero attached hydrogens (tertiary/aromatic N) is 4. The Bertz CT molecular complexity index is 1370. The zero-order chi connectivity index (χ0) is 21.4. The van der Waals surface area contributed by atoms with Gasteiger partial charge in [0.1, 0.15) is 22.8 Å². The second kappa shape index (κ2) is 8.00. The first-order valence-corrected chi connectivity index (χ1v) is 11.9. The third-order valence-corrected chi connectivity index (χ3v) is 7.83. The van der Waals surface area contributed by atoms with Gasteiger partial charge in [-0.15, -0.1) is 11.3 Å². The lowest BCUT2D eigenvalue weighted by Crippen LogP contribution is -2.40. The number of aromatic nitrogens is 3. The maximum absolute atomic E-state index is 13.3. The van der Waals surface area contributed by atoms with Gasteiger partial charge in [-0.1, -0.05) is 0 Å². The molecule has 0 radical (unpaired) electrons. The van der Waals surface area contributed by atoms with Gasteiger partial charge in [0.05, 0.1) is 41.6 Å². The zero-order valence-corrected chi connectivity index (χ0v) is 18.2. The van der Waals surface area contributed by atoms with Gasteiger partial charge in [-0.05, 0) is 24.3 Å².